The summed E-state index contributed by atoms with van der Waals surface area (Å²) in [5, 5.41) is 2.57. The van der Waals surface area contributed by atoms with Crippen molar-refractivity contribution in [3.63, 3.8) is 0 Å². The molecule has 1 aromatic heterocycles. The maximum Gasteiger partial charge on any atom is 0.325 e. The molecule has 0 saturated carbocycles. The van der Waals surface area contributed by atoms with E-state index in [9.17, 15) is 9.59 Å². The van der Waals surface area contributed by atoms with Crippen LogP contribution in [0.4, 0.5) is 4.79 Å². The Hall–Kier alpha value is -2.57. The summed E-state index contributed by atoms with van der Waals surface area (Å²) in [6, 6.07) is 7.74. The van der Waals surface area contributed by atoms with Crippen molar-refractivity contribution in [2.75, 3.05) is 26.7 Å². The number of carbonyl (C=O) groups excluding carboxylic acids is 2. The number of likely N-dealkylation sites (tertiary alicyclic amines) is 1. The second-order valence-electron chi connectivity index (χ2n) is 5.64. The maximum atomic E-state index is 12.0. The van der Waals surface area contributed by atoms with Crippen molar-refractivity contribution in [2.24, 2.45) is 0 Å². The quantitative estimate of drug-likeness (QED) is 0.843. The van der Waals surface area contributed by atoms with E-state index in [2.05, 4.69) is 20.0 Å². The van der Waals surface area contributed by atoms with Crippen molar-refractivity contribution in [3.05, 3.63) is 30.1 Å². The second kappa shape index (κ2) is 6.68. The number of carbonyl (C=O) groups is 2. The zero-order chi connectivity index (χ0) is 16.2. The molecule has 2 N–H and O–H groups in total. The first kappa shape index (κ1) is 15.3. The number of nitrogens with one attached hydrogen (secondary N) is 2. The fraction of sp³-hybridized carbons (Fsp3) is 0.438. The third-order valence-electron chi connectivity index (χ3n) is 4.19. The van der Waals surface area contributed by atoms with Gasteiger partial charge in [-0.05, 0) is 25.0 Å². The SMILES string of the molecule is COC(=O)CNC(=O)N1CCC(c2nc3ccccc3[nH]2)CC1. The van der Waals surface area contributed by atoms with Crippen LogP contribution < -0.4 is 5.32 Å². The molecule has 2 amide bonds. The lowest BCUT2D eigenvalue weighted by Gasteiger charge is -2.31. The minimum absolute atomic E-state index is 0.0984. The van der Waals surface area contributed by atoms with Gasteiger partial charge in [0, 0.05) is 19.0 Å². The van der Waals surface area contributed by atoms with Gasteiger partial charge >= 0.3 is 12.0 Å². The molecule has 1 aromatic carbocycles. The third-order valence-corrected chi connectivity index (χ3v) is 4.19. The Morgan fingerprint density at radius 2 is 2.09 bits per heavy atom. The minimum Gasteiger partial charge on any atom is -0.468 e. The molecule has 7 nitrogen and oxygen atoms in total. The smallest absolute Gasteiger partial charge is 0.325 e. The zero-order valence-corrected chi connectivity index (χ0v) is 13.0. The van der Waals surface area contributed by atoms with Crippen LogP contribution in [0.1, 0.15) is 24.6 Å². The number of rotatable bonds is 3. The number of hydrogen-bond donors (Lipinski definition) is 2. The number of H-pyrrole nitrogens is 1. The third kappa shape index (κ3) is 3.44. The lowest BCUT2D eigenvalue weighted by atomic mass is 9.96. The second-order valence-corrected chi connectivity index (χ2v) is 5.64. The Morgan fingerprint density at radius 3 is 2.78 bits per heavy atom. The molecular formula is C16H20N4O3. The Kier molecular flexibility index (Phi) is 4.45. The molecule has 1 saturated heterocycles. The highest BCUT2D eigenvalue weighted by atomic mass is 16.5. The van der Waals surface area contributed by atoms with Gasteiger partial charge in [0.15, 0.2) is 0 Å². The summed E-state index contributed by atoms with van der Waals surface area (Å²) >= 11 is 0. The number of fused-ring (bicyclic) bond motifs is 1. The molecule has 0 radical (unpaired) electrons. The molecule has 1 aliphatic rings. The summed E-state index contributed by atoms with van der Waals surface area (Å²) in [7, 11) is 1.30. The predicted octanol–water partition coefficient (Wildman–Crippen LogP) is 1.62. The van der Waals surface area contributed by atoms with Gasteiger partial charge in [0.25, 0.3) is 0 Å². The van der Waals surface area contributed by atoms with E-state index in [1.165, 1.54) is 7.11 Å². The van der Waals surface area contributed by atoms with Crippen LogP contribution in [0.3, 0.4) is 0 Å². The van der Waals surface area contributed by atoms with Crippen molar-refractivity contribution in [1.29, 1.82) is 0 Å². The van der Waals surface area contributed by atoms with Crippen molar-refractivity contribution in [2.45, 2.75) is 18.8 Å². The number of methoxy groups -OCH3 is 1. The number of benzene rings is 1. The topological polar surface area (TPSA) is 87.3 Å². The predicted molar refractivity (Wildman–Crippen MR) is 85.1 cm³/mol. The maximum absolute atomic E-state index is 12.0. The van der Waals surface area contributed by atoms with Crippen LogP contribution in [0, 0.1) is 0 Å². The van der Waals surface area contributed by atoms with Gasteiger partial charge < -0.3 is 19.9 Å². The number of piperidine rings is 1. The number of urea groups is 1. The molecule has 1 fully saturated rings. The molecule has 0 aliphatic carbocycles. The summed E-state index contributed by atoms with van der Waals surface area (Å²) in [5.41, 5.74) is 2.02. The molecule has 0 spiro atoms. The van der Waals surface area contributed by atoms with Crippen molar-refractivity contribution < 1.29 is 14.3 Å². The molecular weight excluding hydrogens is 296 g/mol. The van der Waals surface area contributed by atoms with Gasteiger partial charge in [0.1, 0.15) is 12.4 Å². The molecule has 23 heavy (non-hydrogen) atoms. The van der Waals surface area contributed by atoms with Gasteiger partial charge in [-0.15, -0.1) is 0 Å². The summed E-state index contributed by atoms with van der Waals surface area (Å²) in [5.74, 6) is 0.864. The van der Waals surface area contributed by atoms with Crippen molar-refractivity contribution in [1.82, 2.24) is 20.2 Å². The number of para-hydroxylation sites is 2. The van der Waals surface area contributed by atoms with Crippen LogP contribution in [0.15, 0.2) is 24.3 Å². The van der Waals surface area contributed by atoms with E-state index >= 15 is 0 Å². The van der Waals surface area contributed by atoms with Crippen LogP contribution in [0.25, 0.3) is 11.0 Å². The number of aromatic nitrogens is 2. The first-order valence-corrected chi connectivity index (χ1v) is 7.71. The summed E-state index contributed by atoms with van der Waals surface area (Å²) in [4.78, 5) is 32.8. The lowest BCUT2D eigenvalue weighted by molar-refractivity contribution is -0.139. The average Bonchev–Trinajstić information content (AvgIpc) is 3.03. The first-order chi connectivity index (χ1) is 11.2. The Morgan fingerprint density at radius 1 is 1.35 bits per heavy atom. The fourth-order valence-corrected chi connectivity index (χ4v) is 2.85. The standard InChI is InChI=1S/C16H20N4O3/c1-23-14(21)10-17-16(22)20-8-6-11(7-9-20)15-18-12-4-2-3-5-13(12)19-15/h2-5,11H,6-10H2,1H3,(H,17,22)(H,18,19). The van der Waals surface area contributed by atoms with Crippen LogP contribution in [0.2, 0.25) is 0 Å². The van der Waals surface area contributed by atoms with Crippen LogP contribution >= 0.6 is 0 Å². The van der Waals surface area contributed by atoms with E-state index in [-0.39, 0.29) is 12.6 Å². The highest BCUT2D eigenvalue weighted by Gasteiger charge is 2.25. The Balaban J connectivity index is 1.55. The molecule has 0 atom stereocenters. The molecule has 7 heteroatoms. The lowest BCUT2D eigenvalue weighted by Crippen LogP contribution is -2.45. The Labute approximate surface area is 134 Å². The van der Waals surface area contributed by atoms with Gasteiger partial charge in [-0.1, -0.05) is 12.1 Å². The molecule has 0 unspecified atom stereocenters. The normalized spacial score (nSPS) is 15.6. The van der Waals surface area contributed by atoms with E-state index in [0.29, 0.717) is 19.0 Å². The van der Waals surface area contributed by atoms with E-state index in [0.717, 1.165) is 29.7 Å². The van der Waals surface area contributed by atoms with Gasteiger partial charge in [-0.2, -0.15) is 0 Å². The first-order valence-electron chi connectivity index (χ1n) is 7.71. The monoisotopic (exact) mass is 316 g/mol. The number of esters is 1. The van der Waals surface area contributed by atoms with Gasteiger partial charge in [-0.3, -0.25) is 4.79 Å². The highest BCUT2D eigenvalue weighted by Crippen LogP contribution is 2.27. The zero-order valence-electron chi connectivity index (χ0n) is 13.0. The van der Waals surface area contributed by atoms with Crippen LogP contribution in [0.5, 0.6) is 0 Å². The summed E-state index contributed by atoms with van der Waals surface area (Å²) in [6.45, 7) is 1.20. The molecule has 3 rings (SSSR count). The largest absolute Gasteiger partial charge is 0.468 e. The average molecular weight is 316 g/mol. The number of nitrogens with zero attached hydrogens (tertiary/aromatic N) is 2. The number of imidazole rings is 1. The van der Waals surface area contributed by atoms with Gasteiger partial charge in [0.05, 0.1) is 18.1 Å². The van der Waals surface area contributed by atoms with Crippen molar-refractivity contribution in [3.8, 4) is 0 Å². The van der Waals surface area contributed by atoms with Gasteiger partial charge in [-0.25, -0.2) is 9.78 Å². The number of hydrogen-bond acceptors (Lipinski definition) is 4. The van der Waals surface area contributed by atoms with Crippen LogP contribution in [-0.2, 0) is 9.53 Å². The van der Waals surface area contributed by atoms with E-state index < -0.39 is 5.97 Å². The van der Waals surface area contributed by atoms with Crippen LogP contribution in [-0.4, -0.2) is 53.6 Å². The summed E-state index contributed by atoms with van der Waals surface area (Å²) in [6.07, 6.45) is 1.71. The molecule has 122 valence electrons. The van der Waals surface area contributed by atoms with E-state index in [4.69, 9.17) is 0 Å². The minimum atomic E-state index is -0.449. The van der Waals surface area contributed by atoms with Crippen molar-refractivity contribution >= 4 is 23.0 Å². The number of aromatic amines is 1. The number of amides is 2. The molecule has 2 aromatic rings. The Bertz CT molecular complexity index is 671. The van der Waals surface area contributed by atoms with E-state index in [1.54, 1.807) is 4.90 Å². The highest BCUT2D eigenvalue weighted by molar-refractivity contribution is 5.80. The summed E-state index contributed by atoms with van der Waals surface area (Å²) < 4.78 is 4.51. The molecule has 0 bridgehead atoms. The molecule has 1 aliphatic heterocycles. The fourth-order valence-electron chi connectivity index (χ4n) is 2.85. The van der Waals surface area contributed by atoms with Gasteiger partial charge in [0.2, 0.25) is 0 Å². The molecule has 2 heterocycles. The van der Waals surface area contributed by atoms with E-state index in [1.807, 2.05) is 24.3 Å². The number of ether oxygens (including phenoxy) is 1.